The van der Waals surface area contributed by atoms with Crippen LogP contribution in [0.15, 0.2) is 23.1 Å². The molecule has 0 radical (unpaired) electrons. The fourth-order valence-electron chi connectivity index (χ4n) is 0.759. The number of hydrogen-bond acceptors (Lipinski definition) is 4. The number of nitrogens with two attached hydrogens (primary N) is 2. The molecular weight excluding hydrogens is 180 g/mol. The molecule has 0 spiro atoms. The summed E-state index contributed by atoms with van der Waals surface area (Å²) >= 11 is 0. The van der Waals surface area contributed by atoms with E-state index < -0.39 is 15.8 Å². The number of hydrogen-bond donors (Lipinski definition) is 3. The molecule has 66 valence electrons. The molecule has 1 aromatic carbocycles. The van der Waals surface area contributed by atoms with Gasteiger partial charge in [-0.2, -0.15) is 0 Å². The molecule has 0 aliphatic heterocycles. The van der Waals surface area contributed by atoms with E-state index in [0.717, 1.165) is 6.07 Å². The van der Waals surface area contributed by atoms with Crippen LogP contribution in [0.2, 0.25) is 0 Å². The molecule has 1 aromatic rings. The third-order valence-electron chi connectivity index (χ3n) is 1.29. The van der Waals surface area contributed by atoms with E-state index >= 15 is 0 Å². The Morgan fingerprint density at radius 3 is 2.33 bits per heavy atom. The molecule has 0 aromatic heterocycles. The molecule has 0 saturated carbocycles. The van der Waals surface area contributed by atoms with Gasteiger partial charge >= 0.3 is 0 Å². The number of sulfonamides is 1. The molecule has 0 fully saturated rings. The molecule has 0 amide bonds. The van der Waals surface area contributed by atoms with E-state index in [1.807, 2.05) is 0 Å². The first-order valence-electron chi connectivity index (χ1n) is 3.02. The van der Waals surface area contributed by atoms with Gasteiger partial charge < -0.3 is 10.8 Å². The molecule has 6 heteroatoms. The molecule has 0 atom stereocenters. The van der Waals surface area contributed by atoms with Crippen molar-refractivity contribution < 1.29 is 13.5 Å². The molecule has 0 bridgehead atoms. The van der Waals surface area contributed by atoms with Crippen LogP contribution in [0.4, 0.5) is 5.69 Å². The number of phenolic OH excluding ortho intramolecular Hbond substituents is 1. The molecule has 5 N–H and O–H groups in total. The van der Waals surface area contributed by atoms with Crippen molar-refractivity contribution in [2.24, 2.45) is 5.14 Å². The minimum atomic E-state index is -3.89. The summed E-state index contributed by atoms with van der Waals surface area (Å²) in [6, 6.07) is 3.66. The molecule has 0 aliphatic carbocycles. The van der Waals surface area contributed by atoms with Gasteiger partial charge in [0.2, 0.25) is 10.0 Å². The van der Waals surface area contributed by atoms with E-state index in [1.165, 1.54) is 12.1 Å². The average Bonchev–Trinajstić information content (AvgIpc) is 1.92. The number of aromatic hydroxyl groups is 1. The first-order valence-corrected chi connectivity index (χ1v) is 4.57. The van der Waals surface area contributed by atoms with Crippen LogP contribution < -0.4 is 10.9 Å². The van der Waals surface area contributed by atoms with Crippen molar-refractivity contribution in [3.05, 3.63) is 18.2 Å². The Morgan fingerprint density at radius 2 is 1.92 bits per heavy atom. The highest BCUT2D eigenvalue weighted by Gasteiger charge is 2.12. The zero-order chi connectivity index (χ0) is 9.35. The maximum Gasteiger partial charge on any atom is 0.241 e. The summed E-state index contributed by atoms with van der Waals surface area (Å²) in [6.45, 7) is 0. The highest BCUT2D eigenvalue weighted by molar-refractivity contribution is 7.89. The lowest BCUT2D eigenvalue weighted by Crippen LogP contribution is -2.12. The van der Waals surface area contributed by atoms with Gasteiger partial charge in [-0.25, -0.2) is 13.6 Å². The monoisotopic (exact) mass is 188 g/mol. The van der Waals surface area contributed by atoms with Gasteiger partial charge in [-0.05, 0) is 18.2 Å². The number of phenols is 1. The Hall–Kier alpha value is -1.27. The molecule has 0 aliphatic rings. The molecule has 5 nitrogen and oxygen atoms in total. The van der Waals surface area contributed by atoms with Gasteiger partial charge in [-0.3, -0.25) is 0 Å². The predicted molar refractivity (Wildman–Crippen MR) is 43.9 cm³/mol. The van der Waals surface area contributed by atoms with Crippen LogP contribution in [0.5, 0.6) is 5.75 Å². The summed E-state index contributed by atoms with van der Waals surface area (Å²) in [4.78, 5) is -0.359. The van der Waals surface area contributed by atoms with Crippen molar-refractivity contribution in [3.8, 4) is 5.75 Å². The van der Waals surface area contributed by atoms with Crippen LogP contribution in [0.1, 0.15) is 0 Å². The lowest BCUT2D eigenvalue weighted by atomic mass is 10.3. The van der Waals surface area contributed by atoms with Crippen LogP contribution in [-0.2, 0) is 10.0 Å². The van der Waals surface area contributed by atoms with Crippen molar-refractivity contribution in [1.29, 1.82) is 0 Å². The van der Waals surface area contributed by atoms with Crippen LogP contribution in [0, 0.1) is 0 Å². The first-order chi connectivity index (χ1) is 5.41. The lowest BCUT2D eigenvalue weighted by Gasteiger charge is -2.01. The fourth-order valence-corrected chi connectivity index (χ4v) is 1.42. The number of primary sulfonamides is 1. The van der Waals surface area contributed by atoms with Crippen molar-refractivity contribution >= 4 is 15.7 Å². The van der Waals surface area contributed by atoms with Gasteiger partial charge in [0.1, 0.15) is 10.6 Å². The minimum absolute atomic E-state index is 0.233. The van der Waals surface area contributed by atoms with E-state index in [9.17, 15) is 8.42 Å². The summed E-state index contributed by atoms with van der Waals surface area (Å²) in [6.07, 6.45) is 0. The van der Waals surface area contributed by atoms with Gasteiger partial charge in [-0.15, -0.1) is 0 Å². The summed E-state index contributed by atoms with van der Waals surface area (Å²) < 4.78 is 21.5. The normalized spacial score (nSPS) is 11.4. The zero-order valence-electron chi connectivity index (χ0n) is 6.06. The Balaban J connectivity index is 3.43. The maximum absolute atomic E-state index is 10.8. The Bertz CT molecular complexity index is 399. The van der Waals surface area contributed by atoms with Crippen LogP contribution in [-0.4, -0.2) is 13.5 Å². The quantitative estimate of drug-likeness (QED) is 0.412. The minimum Gasteiger partial charge on any atom is -0.507 e. The molecule has 0 saturated heterocycles. The highest BCUT2D eigenvalue weighted by atomic mass is 32.2. The van der Waals surface area contributed by atoms with Gasteiger partial charge in [0, 0.05) is 5.69 Å². The number of rotatable bonds is 1. The Morgan fingerprint density at radius 1 is 1.33 bits per heavy atom. The van der Waals surface area contributed by atoms with E-state index in [-0.39, 0.29) is 10.6 Å². The smallest absolute Gasteiger partial charge is 0.241 e. The van der Waals surface area contributed by atoms with Gasteiger partial charge in [0.25, 0.3) is 0 Å². The third-order valence-corrected chi connectivity index (χ3v) is 2.23. The Labute approximate surface area is 69.7 Å². The zero-order valence-corrected chi connectivity index (χ0v) is 6.88. The maximum atomic E-state index is 10.8. The summed E-state index contributed by atoms with van der Waals surface area (Å²) in [5.41, 5.74) is 5.53. The van der Waals surface area contributed by atoms with Crippen molar-refractivity contribution in [2.45, 2.75) is 4.90 Å². The second-order valence-electron chi connectivity index (χ2n) is 2.27. The number of anilines is 1. The van der Waals surface area contributed by atoms with Crippen molar-refractivity contribution in [2.75, 3.05) is 5.73 Å². The largest absolute Gasteiger partial charge is 0.507 e. The number of benzene rings is 1. The summed E-state index contributed by atoms with van der Waals surface area (Å²) in [7, 11) is -3.89. The average molecular weight is 188 g/mol. The summed E-state index contributed by atoms with van der Waals surface area (Å²) in [5.74, 6) is -0.397. The van der Waals surface area contributed by atoms with E-state index in [2.05, 4.69) is 0 Å². The SMILES string of the molecule is Nc1ccc(O)c(S(N)(=O)=O)c1. The van der Waals surface area contributed by atoms with E-state index in [4.69, 9.17) is 16.0 Å². The molecule has 0 heterocycles. The van der Waals surface area contributed by atoms with Gasteiger partial charge in [0.05, 0.1) is 0 Å². The van der Waals surface area contributed by atoms with Crippen molar-refractivity contribution in [1.82, 2.24) is 0 Å². The summed E-state index contributed by atoms with van der Waals surface area (Å²) in [5, 5.41) is 13.8. The predicted octanol–water partition coefficient (Wildman–Crippen LogP) is -0.378. The second kappa shape index (κ2) is 2.65. The molecular formula is C6H8N2O3S. The van der Waals surface area contributed by atoms with Gasteiger partial charge in [0.15, 0.2) is 0 Å². The molecule has 1 rings (SSSR count). The van der Waals surface area contributed by atoms with Gasteiger partial charge in [-0.1, -0.05) is 0 Å². The fraction of sp³-hybridized carbons (Fsp3) is 0. The van der Waals surface area contributed by atoms with E-state index in [1.54, 1.807) is 0 Å². The first kappa shape index (κ1) is 8.82. The number of nitrogen functional groups attached to an aromatic ring is 1. The standard InChI is InChI=1S/C6H8N2O3S/c7-4-1-2-5(9)6(3-4)12(8,10)11/h1-3,9H,7H2,(H2,8,10,11). The second-order valence-corrected chi connectivity index (χ2v) is 3.80. The van der Waals surface area contributed by atoms with Crippen LogP contribution in [0.25, 0.3) is 0 Å². The lowest BCUT2D eigenvalue weighted by molar-refractivity contribution is 0.459. The molecule has 0 unspecified atom stereocenters. The van der Waals surface area contributed by atoms with Crippen LogP contribution >= 0.6 is 0 Å². The third kappa shape index (κ3) is 1.66. The van der Waals surface area contributed by atoms with E-state index in [0.29, 0.717) is 0 Å². The topological polar surface area (TPSA) is 106 Å². The highest BCUT2D eigenvalue weighted by Crippen LogP contribution is 2.22. The Kier molecular flexibility index (Phi) is 1.95. The van der Waals surface area contributed by atoms with Crippen molar-refractivity contribution in [3.63, 3.8) is 0 Å². The van der Waals surface area contributed by atoms with Crippen LogP contribution in [0.3, 0.4) is 0 Å². The molecule has 12 heavy (non-hydrogen) atoms.